The number of carbonyl (C=O) groups excluding carboxylic acids is 1. The zero-order valence-corrected chi connectivity index (χ0v) is 11.4. The van der Waals surface area contributed by atoms with E-state index in [1.165, 1.54) is 0 Å². The van der Waals surface area contributed by atoms with Crippen molar-refractivity contribution in [1.29, 1.82) is 5.26 Å². The first-order valence-corrected chi connectivity index (χ1v) is 6.87. The Morgan fingerprint density at radius 1 is 1.38 bits per heavy atom. The number of nitrogens with zero attached hydrogens (tertiary/aromatic N) is 3. The lowest BCUT2D eigenvalue weighted by molar-refractivity contribution is 0.0742. The minimum atomic E-state index is -0.308. The van der Waals surface area contributed by atoms with Crippen molar-refractivity contribution < 1.29 is 4.79 Å². The monoisotopic (exact) mass is 282 g/mol. The SMILES string of the molecule is N#CCCN(C(=O)c1n[nH]c(=O)c2ccccc12)C1CC1. The second kappa shape index (κ2) is 5.37. The van der Waals surface area contributed by atoms with Crippen LogP contribution in [-0.2, 0) is 0 Å². The van der Waals surface area contributed by atoms with Crippen LogP contribution in [0.4, 0.5) is 0 Å². The van der Waals surface area contributed by atoms with Gasteiger partial charge in [0, 0.05) is 18.0 Å². The Balaban J connectivity index is 2.03. The molecule has 0 radical (unpaired) electrons. The largest absolute Gasteiger partial charge is 0.333 e. The van der Waals surface area contributed by atoms with Crippen molar-refractivity contribution in [1.82, 2.24) is 15.1 Å². The molecular weight excluding hydrogens is 268 g/mol. The summed E-state index contributed by atoms with van der Waals surface area (Å²) >= 11 is 0. The van der Waals surface area contributed by atoms with Gasteiger partial charge in [-0.3, -0.25) is 9.59 Å². The lowest BCUT2D eigenvalue weighted by Crippen LogP contribution is -2.35. The number of hydrogen-bond donors (Lipinski definition) is 1. The molecule has 2 aromatic rings. The molecule has 1 aromatic carbocycles. The molecule has 6 nitrogen and oxygen atoms in total. The third-order valence-corrected chi connectivity index (χ3v) is 3.61. The summed E-state index contributed by atoms with van der Waals surface area (Å²) in [4.78, 5) is 26.1. The van der Waals surface area contributed by atoms with Gasteiger partial charge in [-0.2, -0.15) is 10.4 Å². The Morgan fingerprint density at radius 2 is 2.10 bits per heavy atom. The number of hydrogen-bond acceptors (Lipinski definition) is 4. The van der Waals surface area contributed by atoms with Crippen LogP contribution in [0.5, 0.6) is 0 Å². The zero-order valence-electron chi connectivity index (χ0n) is 11.4. The highest BCUT2D eigenvalue weighted by molar-refractivity contribution is 6.04. The highest BCUT2D eigenvalue weighted by atomic mass is 16.2. The Morgan fingerprint density at radius 3 is 2.76 bits per heavy atom. The minimum Gasteiger partial charge on any atom is -0.333 e. The van der Waals surface area contributed by atoms with Crippen molar-refractivity contribution in [3.05, 3.63) is 40.3 Å². The molecule has 21 heavy (non-hydrogen) atoms. The number of aromatic nitrogens is 2. The average molecular weight is 282 g/mol. The number of H-pyrrole nitrogens is 1. The first-order chi connectivity index (χ1) is 10.2. The summed E-state index contributed by atoms with van der Waals surface area (Å²) in [5, 5.41) is 16.0. The lowest BCUT2D eigenvalue weighted by Gasteiger charge is -2.21. The van der Waals surface area contributed by atoms with Crippen LogP contribution in [0.25, 0.3) is 10.8 Å². The molecule has 3 rings (SSSR count). The summed E-state index contributed by atoms with van der Waals surface area (Å²) in [6.45, 7) is 0.398. The van der Waals surface area contributed by atoms with Crippen molar-refractivity contribution in [2.24, 2.45) is 0 Å². The molecule has 106 valence electrons. The number of fused-ring (bicyclic) bond motifs is 1. The smallest absolute Gasteiger partial charge is 0.275 e. The summed E-state index contributed by atoms with van der Waals surface area (Å²) in [5.74, 6) is -0.222. The molecule has 1 aliphatic rings. The summed E-state index contributed by atoms with van der Waals surface area (Å²) in [6, 6.07) is 9.17. The van der Waals surface area contributed by atoms with E-state index in [0.29, 0.717) is 23.7 Å². The van der Waals surface area contributed by atoms with Crippen LogP contribution in [-0.4, -0.2) is 33.6 Å². The first kappa shape index (κ1) is 13.3. The van der Waals surface area contributed by atoms with E-state index < -0.39 is 0 Å². The molecule has 1 heterocycles. The normalized spacial score (nSPS) is 13.9. The van der Waals surface area contributed by atoms with Crippen molar-refractivity contribution in [2.75, 3.05) is 6.54 Å². The summed E-state index contributed by atoms with van der Waals surface area (Å²) in [6.07, 6.45) is 2.21. The second-order valence-corrected chi connectivity index (χ2v) is 5.08. The number of nitrogens with one attached hydrogen (secondary N) is 1. The van der Waals surface area contributed by atoms with Gasteiger partial charge in [-0.15, -0.1) is 0 Å². The van der Waals surface area contributed by atoms with Crippen LogP contribution in [0.3, 0.4) is 0 Å². The van der Waals surface area contributed by atoms with Gasteiger partial charge in [0.2, 0.25) is 0 Å². The summed E-state index contributed by atoms with van der Waals surface area (Å²) in [7, 11) is 0. The average Bonchev–Trinajstić information content (AvgIpc) is 3.33. The molecule has 0 bridgehead atoms. The summed E-state index contributed by atoms with van der Waals surface area (Å²) in [5.41, 5.74) is -0.0628. The van der Waals surface area contributed by atoms with Gasteiger partial charge < -0.3 is 4.90 Å². The molecule has 1 saturated carbocycles. The fourth-order valence-electron chi connectivity index (χ4n) is 2.42. The molecule has 0 saturated heterocycles. The van der Waals surface area contributed by atoms with Gasteiger partial charge >= 0.3 is 0 Å². The Hall–Kier alpha value is -2.68. The molecule has 1 aliphatic carbocycles. The Bertz CT molecular complexity index is 786. The molecular formula is C15H14N4O2. The second-order valence-electron chi connectivity index (χ2n) is 5.08. The fraction of sp³-hybridized carbons (Fsp3) is 0.333. The predicted octanol–water partition coefficient (Wildman–Crippen LogP) is 1.44. The number of carbonyl (C=O) groups is 1. The first-order valence-electron chi connectivity index (χ1n) is 6.87. The van der Waals surface area contributed by atoms with E-state index in [1.807, 2.05) is 0 Å². The Labute approximate surface area is 121 Å². The zero-order chi connectivity index (χ0) is 14.8. The van der Waals surface area contributed by atoms with E-state index >= 15 is 0 Å². The van der Waals surface area contributed by atoms with E-state index in [4.69, 9.17) is 5.26 Å². The van der Waals surface area contributed by atoms with Crippen molar-refractivity contribution >= 4 is 16.7 Å². The fourth-order valence-corrected chi connectivity index (χ4v) is 2.42. The van der Waals surface area contributed by atoms with Gasteiger partial charge in [-0.25, -0.2) is 5.10 Å². The number of aromatic amines is 1. The van der Waals surface area contributed by atoms with Gasteiger partial charge in [0.15, 0.2) is 5.69 Å². The highest BCUT2D eigenvalue weighted by Crippen LogP contribution is 2.29. The van der Waals surface area contributed by atoms with Crippen LogP contribution in [0.2, 0.25) is 0 Å². The third kappa shape index (κ3) is 2.50. The van der Waals surface area contributed by atoms with Gasteiger partial charge in [0.1, 0.15) is 0 Å². The number of benzene rings is 1. The van der Waals surface area contributed by atoms with Gasteiger partial charge in [-0.05, 0) is 18.9 Å². The number of nitriles is 1. The molecule has 1 amide bonds. The lowest BCUT2D eigenvalue weighted by atomic mass is 10.1. The minimum absolute atomic E-state index is 0.193. The van der Waals surface area contributed by atoms with Crippen LogP contribution >= 0.6 is 0 Å². The van der Waals surface area contributed by atoms with Crippen molar-refractivity contribution in [2.45, 2.75) is 25.3 Å². The van der Waals surface area contributed by atoms with E-state index in [9.17, 15) is 9.59 Å². The van der Waals surface area contributed by atoms with Crippen LogP contribution in [0, 0.1) is 11.3 Å². The van der Waals surface area contributed by atoms with Crippen LogP contribution in [0.1, 0.15) is 29.8 Å². The number of amides is 1. The Kier molecular flexibility index (Phi) is 3.40. The number of rotatable bonds is 4. The molecule has 0 atom stereocenters. The van der Waals surface area contributed by atoms with Crippen molar-refractivity contribution in [3.8, 4) is 6.07 Å². The maximum Gasteiger partial charge on any atom is 0.275 e. The maximum atomic E-state index is 12.7. The van der Waals surface area contributed by atoms with Gasteiger partial charge in [-0.1, -0.05) is 18.2 Å². The molecule has 0 unspecified atom stereocenters. The molecule has 1 N–H and O–H groups in total. The quantitative estimate of drug-likeness (QED) is 0.918. The predicted molar refractivity (Wildman–Crippen MR) is 76.7 cm³/mol. The standard InChI is InChI=1S/C15H14N4O2/c16-8-3-9-19(10-6-7-10)15(21)13-11-4-1-2-5-12(11)14(20)18-17-13/h1-2,4-5,10H,3,6-7,9H2,(H,18,20). The topological polar surface area (TPSA) is 89.8 Å². The van der Waals surface area contributed by atoms with Gasteiger partial charge in [0.25, 0.3) is 11.5 Å². The van der Waals surface area contributed by atoms with Crippen LogP contribution in [0.15, 0.2) is 29.1 Å². The van der Waals surface area contributed by atoms with E-state index in [1.54, 1.807) is 29.2 Å². The van der Waals surface area contributed by atoms with E-state index in [0.717, 1.165) is 12.8 Å². The molecule has 0 aliphatic heterocycles. The molecule has 6 heteroatoms. The van der Waals surface area contributed by atoms with E-state index in [-0.39, 0.29) is 23.2 Å². The molecule has 1 aromatic heterocycles. The molecule has 0 spiro atoms. The summed E-state index contributed by atoms with van der Waals surface area (Å²) < 4.78 is 0. The van der Waals surface area contributed by atoms with Crippen molar-refractivity contribution in [3.63, 3.8) is 0 Å². The molecule has 1 fully saturated rings. The van der Waals surface area contributed by atoms with Gasteiger partial charge in [0.05, 0.1) is 17.9 Å². The third-order valence-electron chi connectivity index (χ3n) is 3.61. The highest BCUT2D eigenvalue weighted by Gasteiger charge is 2.34. The van der Waals surface area contributed by atoms with E-state index in [2.05, 4.69) is 16.3 Å². The van der Waals surface area contributed by atoms with Crippen LogP contribution < -0.4 is 5.56 Å². The maximum absolute atomic E-state index is 12.7.